The Bertz CT molecular complexity index is 1150. The molecule has 0 saturated heterocycles. The predicted octanol–water partition coefficient (Wildman–Crippen LogP) is 4.58. The second kappa shape index (κ2) is 8.83. The lowest BCUT2D eigenvalue weighted by molar-refractivity contribution is -0.122. The predicted molar refractivity (Wildman–Crippen MR) is 123 cm³/mol. The Hall–Kier alpha value is -3.67. The van der Waals surface area contributed by atoms with Gasteiger partial charge in [0.1, 0.15) is 11.5 Å². The van der Waals surface area contributed by atoms with Crippen LogP contribution in [0.25, 0.3) is 22.6 Å². The number of aromatic nitrogens is 3. The summed E-state index contributed by atoms with van der Waals surface area (Å²) in [6, 6.07) is 20.1. The average molecular weight is 427 g/mol. The lowest BCUT2D eigenvalue weighted by Crippen LogP contribution is -2.41. The Morgan fingerprint density at radius 2 is 1.78 bits per heavy atom. The van der Waals surface area contributed by atoms with E-state index in [2.05, 4.69) is 21.1 Å². The van der Waals surface area contributed by atoms with Gasteiger partial charge in [-0.1, -0.05) is 60.7 Å². The van der Waals surface area contributed by atoms with Crippen LogP contribution in [0.2, 0.25) is 0 Å². The number of aryl methyl sites for hydroxylation is 3. The summed E-state index contributed by atoms with van der Waals surface area (Å²) >= 11 is 0. The molecule has 0 fully saturated rings. The smallest absolute Gasteiger partial charge is 0.220 e. The molecule has 0 radical (unpaired) electrons. The minimum atomic E-state index is 0.0241. The number of hydrogen-bond donors (Lipinski definition) is 1. The van der Waals surface area contributed by atoms with Gasteiger partial charge in [-0.2, -0.15) is 0 Å². The Kier molecular flexibility index (Phi) is 5.58. The van der Waals surface area contributed by atoms with Crippen molar-refractivity contribution in [3.05, 3.63) is 84.3 Å². The summed E-state index contributed by atoms with van der Waals surface area (Å²) in [5.74, 6) is 2.45. The van der Waals surface area contributed by atoms with E-state index in [-0.39, 0.29) is 11.9 Å². The average Bonchev–Trinajstić information content (AvgIpc) is 3.41. The first kappa shape index (κ1) is 20.2. The van der Waals surface area contributed by atoms with Crippen LogP contribution < -0.4 is 5.32 Å². The summed E-state index contributed by atoms with van der Waals surface area (Å²) in [4.78, 5) is 21.9. The molecular formula is C26H26N4O2. The van der Waals surface area contributed by atoms with Crippen molar-refractivity contribution >= 4 is 5.91 Å². The van der Waals surface area contributed by atoms with Gasteiger partial charge < -0.3 is 14.3 Å². The van der Waals surface area contributed by atoms with Crippen LogP contribution in [0.15, 0.2) is 71.3 Å². The van der Waals surface area contributed by atoms with Crippen molar-refractivity contribution in [2.24, 2.45) is 0 Å². The molecule has 6 heteroatoms. The topological polar surface area (TPSA) is 73.0 Å². The van der Waals surface area contributed by atoms with Gasteiger partial charge in [-0.15, -0.1) is 0 Å². The molecule has 3 heterocycles. The number of nitrogens with zero attached hydrogens (tertiary/aromatic N) is 3. The quantitative estimate of drug-likeness (QED) is 0.490. The van der Waals surface area contributed by atoms with Gasteiger partial charge in [0.15, 0.2) is 11.7 Å². The summed E-state index contributed by atoms with van der Waals surface area (Å²) in [7, 11) is 0. The molecule has 1 atom stereocenters. The Morgan fingerprint density at radius 1 is 1.06 bits per heavy atom. The molecule has 0 spiro atoms. The van der Waals surface area contributed by atoms with E-state index in [0.29, 0.717) is 18.7 Å². The van der Waals surface area contributed by atoms with Gasteiger partial charge >= 0.3 is 0 Å². The van der Waals surface area contributed by atoms with E-state index in [4.69, 9.17) is 9.40 Å². The molecule has 5 rings (SSSR count). The molecule has 4 aromatic rings. The summed E-state index contributed by atoms with van der Waals surface area (Å²) < 4.78 is 8.29. The van der Waals surface area contributed by atoms with E-state index in [1.165, 1.54) is 0 Å². The Labute approximate surface area is 187 Å². The number of carbonyl (C=O) groups excluding carboxylic acids is 1. The molecule has 1 aliphatic heterocycles. The highest BCUT2D eigenvalue weighted by Crippen LogP contribution is 2.32. The molecule has 1 N–H and O–H groups in total. The van der Waals surface area contributed by atoms with Gasteiger partial charge in [0, 0.05) is 49.2 Å². The molecular weight excluding hydrogens is 400 g/mol. The molecule has 2 aromatic heterocycles. The first-order valence-corrected chi connectivity index (χ1v) is 11.1. The van der Waals surface area contributed by atoms with E-state index in [0.717, 1.165) is 53.5 Å². The van der Waals surface area contributed by atoms with Gasteiger partial charge in [0.25, 0.3) is 0 Å². The summed E-state index contributed by atoms with van der Waals surface area (Å²) in [6.07, 6.45) is 4.66. The summed E-state index contributed by atoms with van der Waals surface area (Å²) in [6.45, 7) is 2.78. The third kappa shape index (κ3) is 4.35. The van der Waals surface area contributed by atoms with Crippen molar-refractivity contribution < 1.29 is 9.21 Å². The minimum absolute atomic E-state index is 0.0241. The van der Waals surface area contributed by atoms with Gasteiger partial charge in [-0.25, -0.2) is 9.97 Å². The van der Waals surface area contributed by atoms with Crippen molar-refractivity contribution in [1.29, 1.82) is 0 Å². The number of amides is 1. The largest absolute Gasteiger partial charge is 0.440 e. The maximum atomic E-state index is 12.6. The van der Waals surface area contributed by atoms with Crippen LogP contribution in [0.4, 0.5) is 0 Å². The van der Waals surface area contributed by atoms with Crippen LogP contribution in [0, 0.1) is 6.92 Å². The monoisotopic (exact) mass is 426 g/mol. The normalized spacial score (nSPS) is 15.3. The van der Waals surface area contributed by atoms with Crippen LogP contribution in [0.1, 0.15) is 30.3 Å². The number of benzene rings is 2. The van der Waals surface area contributed by atoms with Crippen LogP contribution in [-0.2, 0) is 24.2 Å². The van der Waals surface area contributed by atoms with Gasteiger partial charge in [0.05, 0.1) is 5.69 Å². The molecule has 162 valence electrons. The first-order chi connectivity index (χ1) is 15.7. The van der Waals surface area contributed by atoms with E-state index >= 15 is 0 Å². The molecule has 6 nitrogen and oxygen atoms in total. The Balaban J connectivity index is 1.27. The van der Waals surface area contributed by atoms with Gasteiger partial charge in [-0.05, 0) is 13.3 Å². The number of fused-ring (bicyclic) bond motifs is 1. The fourth-order valence-corrected chi connectivity index (χ4v) is 4.27. The zero-order valence-electron chi connectivity index (χ0n) is 18.1. The van der Waals surface area contributed by atoms with E-state index in [9.17, 15) is 4.79 Å². The molecule has 1 unspecified atom stereocenters. The van der Waals surface area contributed by atoms with Gasteiger partial charge in [0.2, 0.25) is 5.91 Å². The highest BCUT2D eigenvalue weighted by atomic mass is 16.4. The Morgan fingerprint density at radius 3 is 2.53 bits per heavy atom. The third-order valence-corrected chi connectivity index (χ3v) is 5.80. The third-order valence-electron chi connectivity index (χ3n) is 5.80. The molecule has 1 aliphatic rings. The lowest BCUT2D eigenvalue weighted by atomic mass is 10.1. The van der Waals surface area contributed by atoms with Gasteiger partial charge in [-0.3, -0.25) is 4.79 Å². The van der Waals surface area contributed by atoms with Crippen molar-refractivity contribution in [3.63, 3.8) is 0 Å². The van der Waals surface area contributed by atoms with Crippen molar-refractivity contribution in [2.75, 3.05) is 0 Å². The van der Waals surface area contributed by atoms with E-state index in [1.54, 1.807) is 0 Å². The van der Waals surface area contributed by atoms with Crippen molar-refractivity contribution in [3.8, 4) is 22.6 Å². The molecule has 0 aliphatic carbocycles. The maximum Gasteiger partial charge on any atom is 0.220 e. The fourth-order valence-electron chi connectivity index (χ4n) is 4.27. The SMILES string of the molecule is Cc1cn2c(n1)CCC(NC(=O)CCc1nc(-c3ccccc3)c(-c3ccccc3)o1)C2. The number of rotatable bonds is 6. The number of carbonyl (C=O) groups is 1. The van der Waals surface area contributed by atoms with Crippen LogP contribution >= 0.6 is 0 Å². The number of hydrogen-bond acceptors (Lipinski definition) is 4. The zero-order valence-corrected chi connectivity index (χ0v) is 18.1. The van der Waals surface area contributed by atoms with Crippen LogP contribution in [0.5, 0.6) is 0 Å². The van der Waals surface area contributed by atoms with Crippen molar-refractivity contribution in [1.82, 2.24) is 19.9 Å². The molecule has 2 aromatic carbocycles. The molecule has 0 bridgehead atoms. The zero-order chi connectivity index (χ0) is 21.9. The number of imidazole rings is 1. The lowest BCUT2D eigenvalue weighted by Gasteiger charge is -2.24. The molecule has 1 amide bonds. The fraction of sp³-hybridized carbons (Fsp3) is 0.269. The maximum absolute atomic E-state index is 12.6. The second-order valence-electron chi connectivity index (χ2n) is 8.27. The summed E-state index contributed by atoms with van der Waals surface area (Å²) in [5, 5.41) is 3.17. The standard InChI is InChI=1S/C26H26N4O2/c1-18-16-30-17-21(12-13-22(30)27-18)28-23(31)14-15-24-29-25(19-8-4-2-5-9-19)26(32-24)20-10-6-3-7-11-20/h2-11,16,21H,12-15,17H2,1H3,(H,28,31). The highest BCUT2D eigenvalue weighted by molar-refractivity contribution is 5.78. The highest BCUT2D eigenvalue weighted by Gasteiger charge is 2.22. The first-order valence-electron chi connectivity index (χ1n) is 11.1. The van der Waals surface area contributed by atoms with E-state index in [1.807, 2.05) is 67.6 Å². The van der Waals surface area contributed by atoms with Crippen LogP contribution in [-0.4, -0.2) is 26.5 Å². The van der Waals surface area contributed by atoms with Crippen molar-refractivity contribution in [2.45, 2.75) is 45.2 Å². The molecule has 0 saturated carbocycles. The number of oxazole rings is 1. The van der Waals surface area contributed by atoms with E-state index < -0.39 is 0 Å². The number of nitrogens with one attached hydrogen (secondary N) is 1. The molecule has 32 heavy (non-hydrogen) atoms. The summed E-state index contributed by atoms with van der Waals surface area (Å²) in [5.41, 5.74) is 3.81. The van der Waals surface area contributed by atoms with Crippen LogP contribution in [0.3, 0.4) is 0 Å². The minimum Gasteiger partial charge on any atom is -0.440 e. The second-order valence-corrected chi connectivity index (χ2v) is 8.27.